The highest BCUT2D eigenvalue weighted by molar-refractivity contribution is 6.11. The molecule has 3 nitrogen and oxygen atoms in total. The van der Waals surface area contributed by atoms with Crippen LogP contribution < -0.4 is 9.80 Å². The first-order valence-corrected chi connectivity index (χ1v) is 23.3. The Labute approximate surface area is 402 Å². The smallest absolute Gasteiger partial charge is 0.0645 e. The van der Waals surface area contributed by atoms with Gasteiger partial charge in [-0.25, -0.2) is 0 Å². The van der Waals surface area contributed by atoms with E-state index in [4.69, 9.17) is 0 Å². The molecule has 13 rings (SSSR count). The molecule has 0 saturated carbocycles. The first-order valence-electron chi connectivity index (χ1n) is 25.3. The van der Waals surface area contributed by atoms with Crippen LogP contribution in [0.25, 0.3) is 71.3 Å². The minimum Gasteiger partial charge on any atom is -0.310 e. The van der Waals surface area contributed by atoms with Crippen molar-refractivity contribution in [3.8, 4) is 27.9 Å². The third kappa shape index (κ3) is 6.42. The third-order valence-corrected chi connectivity index (χ3v) is 14.0. The fourth-order valence-corrected chi connectivity index (χ4v) is 10.7. The van der Waals surface area contributed by atoms with E-state index in [9.17, 15) is 5.48 Å². The summed E-state index contributed by atoms with van der Waals surface area (Å²) < 4.78 is 40.8. The molecule has 1 aliphatic carbocycles. The van der Waals surface area contributed by atoms with Crippen LogP contribution in [0.15, 0.2) is 249 Å². The molecule has 0 radical (unpaired) electrons. The van der Waals surface area contributed by atoms with Crippen LogP contribution in [-0.2, 0) is 5.41 Å². The van der Waals surface area contributed by atoms with Crippen molar-refractivity contribution in [1.82, 2.24) is 4.57 Å². The minimum atomic E-state index is -0.271. The average molecular weight is 874 g/mol. The predicted molar refractivity (Wildman–Crippen MR) is 288 cm³/mol. The second-order valence-corrected chi connectivity index (χ2v) is 18.3. The standard InChI is InChI=1S/C65H47N3/c1-65(2)60-25-13-11-23-56(60)57-38-36-53(42-61(57)65)66(49-18-5-3-6-19-49)51-33-30-44(31-34-51)46-28-29-48-41-52(35-32-47(48)40-46)67(62-27-15-17-45-16-9-10-22-55(45)62)54-37-39-59-58-24-12-14-26-63(58)68(64(59)43-54)50-20-7-4-8-21-50/h3-43H,1-2H3/i30D,31D,33D,34D. The summed E-state index contributed by atoms with van der Waals surface area (Å²) in [6.07, 6.45) is 0. The summed E-state index contributed by atoms with van der Waals surface area (Å²) in [6, 6.07) is 77.4. The fraction of sp³-hybridized carbons (Fsp3) is 0.0462. The van der Waals surface area contributed by atoms with Gasteiger partial charge in [-0.3, -0.25) is 0 Å². The summed E-state index contributed by atoms with van der Waals surface area (Å²) in [7, 11) is 0. The van der Waals surface area contributed by atoms with Gasteiger partial charge in [0.05, 0.1) is 22.2 Å². The average Bonchev–Trinajstić information content (AvgIpc) is 3.87. The molecule has 11 aromatic carbocycles. The van der Waals surface area contributed by atoms with Crippen LogP contribution >= 0.6 is 0 Å². The molecule has 68 heavy (non-hydrogen) atoms. The maximum atomic E-state index is 9.65. The van der Waals surface area contributed by atoms with Gasteiger partial charge in [-0.15, -0.1) is 0 Å². The molecule has 0 fully saturated rings. The maximum Gasteiger partial charge on any atom is 0.0645 e. The first kappa shape index (κ1) is 35.6. The van der Waals surface area contributed by atoms with Gasteiger partial charge in [-0.05, 0) is 140 Å². The molecule has 1 aliphatic rings. The molecule has 0 aliphatic heterocycles. The van der Waals surface area contributed by atoms with Crippen LogP contribution in [0.5, 0.6) is 0 Å². The topological polar surface area (TPSA) is 11.4 Å². The molecule has 12 aromatic rings. The summed E-state index contributed by atoms with van der Waals surface area (Å²) in [4.78, 5) is 4.22. The number of anilines is 6. The van der Waals surface area contributed by atoms with Gasteiger partial charge in [0, 0.05) is 55.7 Å². The van der Waals surface area contributed by atoms with Gasteiger partial charge < -0.3 is 14.4 Å². The van der Waals surface area contributed by atoms with E-state index in [-0.39, 0.29) is 40.8 Å². The monoisotopic (exact) mass is 873 g/mol. The zero-order valence-electron chi connectivity index (χ0n) is 41.7. The second-order valence-electron chi connectivity index (χ2n) is 18.3. The molecule has 0 N–H and O–H groups in total. The largest absolute Gasteiger partial charge is 0.310 e. The number of aromatic nitrogens is 1. The van der Waals surface area contributed by atoms with E-state index < -0.39 is 0 Å². The highest BCUT2D eigenvalue weighted by Crippen LogP contribution is 2.51. The lowest BCUT2D eigenvalue weighted by molar-refractivity contribution is 0.660. The molecular weight excluding hydrogens is 823 g/mol. The van der Waals surface area contributed by atoms with Crippen molar-refractivity contribution in [3.63, 3.8) is 0 Å². The molecular formula is C65H47N3. The summed E-state index contributed by atoms with van der Waals surface area (Å²) in [5.74, 6) is 0. The molecule has 0 amide bonds. The van der Waals surface area contributed by atoms with Gasteiger partial charge in [0.1, 0.15) is 0 Å². The van der Waals surface area contributed by atoms with E-state index in [1.165, 1.54) is 21.9 Å². The van der Waals surface area contributed by atoms with Crippen molar-refractivity contribution in [2.75, 3.05) is 9.80 Å². The van der Waals surface area contributed by atoms with Crippen LogP contribution in [0.3, 0.4) is 0 Å². The van der Waals surface area contributed by atoms with Crippen molar-refractivity contribution in [2.24, 2.45) is 0 Å². The third-order valence-electron chi connectivity index (χ3n) is 14.0. The number of nitrogens with zero attached hydrogens (tertiary/aromatic N) is 3. The summed E-state index contributed by atoms with van der Waals surface area (Å²) in [5.41, 5.74) is 13.5. The number of fused-ring (bicyclic) bond motifs is 8. The second kappa shape index (κ2) is 15.8. The number of para-hydroxylation sites is 3. The summed E-state index contributed by atoms with van der Waals surface area (Å²) >= 11 is 0. The number of hydrogen-bond acceptors (Lipinski definition) is 2. The van der Waals surface area contributed by atoms with Gasteiger partial charge in [0.15, 0.2) is 0 Å². The first-order chi connectivity index (χ1) is 35.2. The van der Waals surface area contributed by atoms with Gasteiger partial charge in [0.25, 0.3) is 0 Å². The van der Waals surface area contributed by atoms with E-state index in [1.54, 1.807) is 0 Å². The Kier molecular flexibility index (Phi) is 8.24. The lowest BCUT2D eigenvalue weighted by Crippen LogP contribution is -2.16. The van der Waals surface area contributed by atoms with E-state index >= 15 is 0 Å². The van der Waals surface area contributed by atoms with Crippen molar-refractivity contribution >= 4 is 77.5 Å². The van der Waals surface area contributed by atoms with Crippen molar-refractivity contribution in [3.05, 3.63) is 260 Å². The Morgan fingerprint density at radius 2 is 0.985 bits per heavy atom. The van der Waals surface area contributed by atoms with Crippen molar-refractivity contribution in [2.45, 2.75) is 19.3 Å². The number of hydrogen-bond donors (Lipinski definition) is 0. The van der Waals surface area contributed by atoms with Gasteiger partial charge in [0.2, 0.25) is 0 Å². The Balaban J connectivity index is 0.929. The highest BCUT2D eigenvalue weighted by atomic mass is 15.2. The normalized spacial score (nSPS) is 13.5. The Bertz CT molecular complexity index is 4110. The molecule has 0 unspecified atom stereocenters. The minimum absolute atomic E-state index is 0.0952. The molecule has 322 valence electrons. The van der Waals surface area contributed by atoms with Crippen LogP contribution in [0.2, 0.25) is 0 Å². The van der Waals surface area contributed by atoms with E-state index in [1.807, 2.05) is 59.5 Å². The number of rotatable bonds is 8. The predicted octanol–water partition coefficient (Wildman–Crippen LogP) is 18.0. The number of benzene rings is 11. The SMILES string of the molecule is [2H]c1c([2H])c(N(c2ccccc2)c2ccc3c(c2)C(C)(C)c2ccccc2-3)c([2H])c([2H])c1-c1ccc2cc(N(c3ccc4c5ccccc5n(-c5ccccc5)c4c3)c3cccc4ccccc34)ccc2c1. The zero-order valence-corrected chi connectivity index (χ0v) is 37.7. The molecule has 3 heteroatoms. The Morgan fingerprint density at radius 1 is 0.368 bits per heavy atom. The van der Waals surface area contributed by atoms with Gasteiger partial charge in [-0.1, -0.05) is 172 Å². The molecule has 1 heterocycles. The highest BCUT2D eigenvalue weighted by Gasteiger charge is 2.35. The molecule has 0 atom stereocenters. The fourth-order valence-electron chi connectivity index (χ4n) is 10.7. The lowest BCUT2D eigenvalue weighted by Gasteiger charge is -2.28. The maximum absolute atomic E-state index is 9.65. The van der Waals surface area contributed by atoms with E-state index in [2.05, 4.69) is 193 Å². The quantitative estimate of drug-likeness (QED) is 0.151. The molecule has 0 saturated heterocycles. The summed E-state index contributed by atoms with van der Waals surface area (Å²) in [6.45, 7) is 4.47. The van der Waals surface area contributed by atoms with Gasteiger partial charge in [-0.2, -0.15) is 0 Å². The van der Waals surface area contributed by atoms with Crippen LogP contribution in [-0.4, -0.2) is 4.57 Å². The molecule has 0 spiro atoms. The van der Waals surface area contributed by atoms with Crippen molar-refractivity contribution < 1.29 is 5.48 Å². The van der Waals surface area contributed by atoms with Gasteiger partial charge >= 0.3 is 0 Å². The molecule has 0 bridgehead atoms. The zero-order chi connectivity index (χ0) is 48.8. The Morgan fingerprint density at radius 3 is 1.84 bits per heavy atom. The van der Waals surface area contributed by atoms with E-state index in [0.29, 0.717) is 5.56 Å². The van der Waals surface area contributed by atoms with Crippen LogP contribution in [0.4, 0.5) is 34.1 Å². The van der Waals surface area contributed by atoms with Crippen molar-refractivity contribution in [1.29, 1.82) is 0 Å². The van der Waals surface area contributed by atoms with E-state index in [0.717, 1.165) is 77.8 Å². The van der Waals surface area contributed by atoms with Crippen LogP contribution in [0, 0.1) is 0 Å². The lowest BCUT2D eigenvalue weighted by atomic mass is 9.82. The van der Waals surface area contributed by atoms with Crippen LogP contribution in [0.1, 0.15) is 30.5 Å². The Hall–Kier alpha value is -8.66. The molecule has 1 aromatic heterocycles. The summed E-state index contributed by atoms with van der Waals surface area (Å²) in [5, 5.41) is 6.54.